The molecular weight excluding hydrogens is 237 g/mol. The van der Waals surface area contributed by atoms with Crippen LogP contribution in [0.2, 0.25) is 0 Å². The van der Waals surface area contributed by atoms with Gasteiger partial charge in [0, 0.05) is 16.0 Å². The third-order valence-corrected chi connectivity index (χ3v) is 2.68. The van der Waals surface area contributed by atoms with Crippen LogP contribution in [-0.2, 0) is 6.42 Å². The van der Waals surface area contributed by atoms with Crippen LogP contribution in [0.15, 0.2) is 22.7 Å². The summed E-state index contributed by atoms with van der Waals surface area (Å²) in [4.78, 5) is 0. The minimum absolute atomic E-state index is 0.686. The molecule has 0 aliphatic heterocycles. The number of hydrogen-bond acceptors (Lipinski definition) is 1. The number of hydrogen-bond donors (Lipinski definition) is 1. The molecule has 0 heterocycles. The quantitative estimate of drug-likeness (QED) is 0.645. The van der Waals surface area contributed by atoms with E-state index in [1.807, 2.05) is 18.2 Å². The third-order valence-electron chi connectivity index (χ3n) is 1.72. The average molecular weight is 249 g/mol. The van der Waals surface area contributed by atoms with E-state index >= 15 is 0 Å². The van der Waals surface area contributed by atoms with Crippen molar-refractivity contribution in [2.24, 2.45) is 0 Å². The number of aryl methyl sites for hydroxylation is 1. The summed E-state index contributed by atoms with van der Waals surface area (Å²) in [6.45, 7) is 0. The highest BCUT2D eigenvalue weighted by Gasteiger charge is 2.00. The predicted molar refractivity (Wildman–Crippen MR) is 57.6 cm³/mol. The number of benzene rings is 1. The van der Waals surface area contributed by atoms with Gasteiger partial charge in [0.1, 0.15) is 0 Å². The van der Waals surface area contributed by atoms with Crippen LogP contribution in [0, 0.1) is 0 Å². The van der Waals surface area contributed by atoms with Crippen LogP contribution < -0.4 is 5.73 Å². The van der Waals surface area contributed by atoms with Crippen molar-refractivity contribution >= 4 is 33.2 Å². The van der Waals surface area contributed by atoms with Gasteiger partial charge >= 0.3 is 0 Å². The van der Waals surface area contributed by atoms with Crippen LogP contribution in [0.25, 0.3) is 0 Å². The SMILES string of the molecule is Nc1c(Br)cccc1CCCCl. The van der Waals surface area contributed by atoms with E-state index in [9.17, 15) is 0 Å². The smallest absolute Gasteiger partial charge is 0.0491 e. The summed E-state index contributed by atoms with van der Waals surface area (Å²) in [5, 5.41) is 0. The maximum absolute atomic E-state index is 5.83. The van der Waals surface area contributed by atoms with Crippen LogP contribution in [0.5, 0.6) is 0 Å². The van der Waals surface area contributed by atoms with Crippen LogP contribution in [0.3, 0.4) is 0 Å². The molecule has 12 heavy (non-hydrogen) atoms. The maximum atomic E-state index is 5.83. The van der Waals surface area contributed by atoms with Crippen LogP contribution in [-0.4, -0.2) is 5.88 Å². The molecule has 1 nitrogen and oxygen atoms in total. The molecule has 0 aliphatic rings. The zero-order valence-electron chi connectivity index (χ0n) is 6.69. The van der Waals surface area contributed by atoms with Crippen LogP contribution >= 0.6 is 27.5 Å². The fourth-order valence-electron chi connectivity index (χ4n) is 1.06. The number of nitrogens with two attached hydrogens (primary N) is 1. The number of anilines is 1. The Morgan fingerprint density at radius 2 is 2.17 bits per heavy atom. The van der Waals surface area contributed by atoms with Crippen molar-refractivity contribution in [2.45, 2.75) is 12.8 Å². The highest BCUT2D eigenvalue weighted by atomic mass is 79.9. The Labute approximate surface area is 86.0 Å². The van der Waals surface area contributed by atoms with Gasteiger partial charge in [-0.1, -0.05) is 12.1 Å². The molecule has 0 spiro atoms. The molecule has 0 amide bonds. The Bertz CT molecular complexity index is 263. The molecule has 2 N–H and O–H groups in total. The number of rotatable bonds is 3. The molecule has 0 aromatic heterocycles. The third kappa shape index (κ3) is 2.39. The number of nitrogen functional groups attached to an aromatic ring is 1. The fourth-order valence-corrected chi connectivity index (χ4v) is 1.60. The molecule has 1 aromatic rings. The van der Waals surface area contributed by atoms with Gasteiger partial charge in [0.25, 0.3) is 0 Å². The summed E-state index contributed by atoms with van der Waals surface area (Å²) in [5.41, 5.74) is 7.84. The van der Waals surface area contributed by atoms with Gasteiger partial charge in [0.2, 0.25) is 0 Å². The van der Waals surface area contributed by atoms with Gasteiger partial charge in [-0.2, -0.15) is 0 Å². The Morgan fingerprint density at radius 3 is 2.83 bits per heavy atom. The Hall–Kier alpha value is -0.210. The molecular formula is C9H11BrClN. The van der Waals surface area contributed by atoms with E-state index in [4.69, 9.17) is 17.3 Å². The first kappa shape index (κ1) is 9.87. The van der Waals surface area contributed by atoms with E-state index in [1.54, 1.807) is 0 Å². The minimum Gasteiger partial charge on any atom is -0.398 e. The van der Waals surface area contributed by atoms with E-state index in [2.05, 4.69) is 15.9 Å². The molecule has 0 aliphatic carbocycles. The summed E-state index contributed by atoms with van der Waals surface area (Å²) in [6, 6.07) is 5.97. The van der Waals surface area contributed by atoms with Crippen LogP contribution in [0.4, 0.5) is 5.69 Å². The summed E-state index contributed by atoms with van der Waals surface area (Å²) < 4.78 is 0.967. The lowest BCUT2D eigenvalue weighted by Crippen LogP contribution is -1.95. The maximum Gasteiger partial charge on any atom is 0.0491 e. The summed E-state index contributed by atoms with van der Waals surface area (Å²) in [7, 11) is 0. The predicted octanol–water partition coefficient (Wildman–Crippen LogP) is 3.20. The highest BCUT2D eigenvalue weighted by molar-refractivity contribution is 9.10. The highest BCUT2D eigenvalue weighted by Crippen LogP contribution is 2.23. The zero-order valence-corrected chi connectivity index (χ0v) is 9.03. The molecule has 0 unspecified atom stereocenters. The van der Waals surface area contributed by atoms with Crippen molar-refractivity contribution in [3.8, 4) is 0 Å². The molecule has 0 fully saturated rings. The Kier molecular flexibility index (Phi) is 3.89. The van der Waals surface area contributed by atoms with Crippen molar-refractivity contribution in [2.75, 3.05) is 11.6 Å². The molecule has 1 rings (SSSR count). The lowest BCUT2D eigenvalue weighted by atomic mass is 10.1. The van der Waals surface area contributed by atoms with Gasteiger partial charge in [-0.05, 0) is 40.4 Å². The molecule has 3 heteroatoms. The first-order valence-electron chi connectivity index (χ1n) is 3.84. The van der Waals surface area contributed by atoms with E-state index < -0.39 is 0 Å². The van der Waals surface area contributed by atoms with Gasteiger partial charge in [-0.25, -0.2) is 0 Å². The van der Waals surface area contributed by atoms with E-state index in [1.165, 1.54) is 5.56 Å². The van der Waals surface area contributed by atoms with Crippen molar-refractivity contribution in [1.29, 1.82) is 0 Å². The van der Waals surface area contributed by atoms with Gasteiger partial charge < -0.3 is 5.73 Å². The van der Waals surface area contributed by atoms with E-state index in [0.29, 0.717) is 5.88 Å². The van der Waals surface area contributed by atoms with Crippen molar-refractivity contribution in [1.82, 2.24) is 0 Å². The Balaban J connectivity index is 2.78. The van der Waals surface area contributed by atoms with Gasteiger partial charge in [-0.15, -0.1) is 11.6 Å². The molecule has 66 valence electrons. The number of para-hydroxylation sites is 1. The first-order chi connectivity index (χ1) is 5.75. The van der Waals surface area contributed by atoms with Crippen molar-refractivity contribution in [3.63, 3.8) is 0 Å². The van der Waals surface area contributed by atoms with E-state index in [-0.39, 0.29) is 0 Å². The van der Waals surface area contributed by atoms with Crippen molar-refractivity contribution < 1.29 is 0 Å². The standard InChI is InChI=1S/C9H11BrClN/c10-8-5-1-3-7(9(8)12)4-2-6-11/h1,3,5H,2,4,6,12H2. The molecule has 0 radical (unpaired) electrons. The van der Waals surface area contributed by atoms with Gasteiger partial charge in [-0.3, -0.25) is 0 Å². The lowest BCUT2D eigenvalue weighted by molar-refractivity contribution is 0.930. The fraction of sp³-hybridized carbons (Fsp3) is 0.333. The van der Waals surface area contributed by atoms with Crippen molar-refractivity contribution in [3.05, 3.63) is 28.2 Å². The normalized spacial score (nSPS) is 10.2. The van der Waals surface area contributed by atoms with Gasteiger partial charge in [0.15, 0.2) is 0 Å². The topological polar surface area (TPSA) is 26.0 Å². The number of halogens is 2. The molecule has 1 aromatic carbocycles. The minimum atomic E-state index is 0.686. The second kappa shape index (κ2) is 4.73. The Morgan fingerprint density at radius 1 is 1.42 bits per heavy atom. The van der Waals surface area contributed by atoms with E-state index in [0.717, 1.165) is 23.0 Å². The molecule has 0 atom stereocenters. The van der Waals surface area contributed by atoms with Crippen LogP contribution in [0.1, 0.15) is 12.0 Å². The average Bonchev–Trinajstić information content (AvgIpc) is 2.08. The molecule has 0 saturated heterocycles. The first-order valence-corrected chi connectivity index (χ1v) is 5.17. The second-order valence-corrected chi connectivity index (χ2v) is 3.84. The molecule has 0 bridgehead atoms. The summed E-state index contributed by atoms with van der Waals surface area (Å²) in [6.07, 6.45) is 1.93. The largest absolute Gasteiger partial charge is 0.398 e. The monoisotopic (exact) mass is 247 g/mol. The summed E-state index contributed by atoms with van der Waals surface area (Å²) in [5.74, 6) is 0.686. The van der Waals surface area contributed by atoms with Gasteiger partial charge in [0.05, 0.1) is 0 Å². The molecule has 0 saturated carbocycles. The second-order valence-electron chi connectivity index (χ2n) is 2.61. The number of alkyl halides is 1. The lowest BCUT2D eigenvalue weighted by Gasteiger charge is -2.05. The zero-order chi connectivity index (χ0) is 8.97. The summed E-state index contributed by atoms with van der Waals surface area (Å²) >= 11 is 8.97.